The number of benzene rings is 2. The number of hydrogen-bond acceptors (Lipinski definition) is 3. The van der Waals surface area contributed by atoms with Gasteiger partial charge in [0.25, 0.3) is 0 Å². The van der Waals surface area contributed by atoms with E-state index in [4.69, 9.17) is 5.73 Å². The molecule has 2 rings (SSSR count). The lowest BCUT2D eigenvalue weighted by Gasteiger charge is -2.04. The summed E-state index contributed by atoms with van der Waals surface area (Å²) < 4.78 is 0. The van der Waals surface area contributed by atoms with Gasteiger partial charge in [0.2, 0.25) is 0 Å². The van der Waals surface area contributed by atoms with Crippen molar-refractivity contribution in [1.29, 1.82) is 0 Å². The second kappa shape index (κ2) is 5.05. The average Bonchev–Trinajstić information content (AvgIpc) is 2.21. The van der Waals surface area contributed by atoms with Crippen LogP contribution in [0.15, 0.2) is 30.3 Å². The predicted octanol–water partition coefficient (Wildman–Crippen LogP) is 2.17. The van der Waals surface area contributed by atoms with Gasteiger partial charge in [-0.15, -0.1) is 12.4 Å². The Balaban J connectivity index is 0.00000128. The van der Waals surface area contributed by atoms with Gasteiger partial charge in [-0.1, -0.05) is 18.2 Å². The highest BCUT2D eigenvalue weighted by molar-refractivity contribution is 5.86. The number of hydrogen-bond donors (Lipinski definition) is 3. The van der Waals surface area contributed by atoms with Gasteiger partial charge in [0, 0.05) is 0 Å². The monoisotopic (exact) mass is 239 g/mol. The quantitative estimate of drug-likeness (QED) is 0.704. The van der Waals surface area contributed by atoms with E-state index in [0.717, 1.165) is 22.8 Å². The van der Waals surface area contributed by atoms with Gasteiger partial charge in [-0.2, -0.15) is 0 Å². The van der Waals surface area contributed by atoms with Gasteiger partial charge in [-0.05, 0) is 41.4 Å². The van der Waals surface area contributed by atoms with Crippen LogP contribution >= 0.6 is 12.4 Å². The third-order valence-corrected chi connectivity index (χ3v) is 2.43. The number of fused-ring (bicyclic) bond motifs is 1. The van der Waals surface area contributed by atoms with Gasteiger partial charge >= 0.3 is 0 Å². The van der Waals surface area contributed by atoms with Crippen LogP contribution in [-0.2, 0) is 6.42 Å². The van der Waals surface area contributed by atoms with E-state index in [1.807, 2.05) is 18.2 Å². The molecule has 2 aromatic rings. The highest BCUT2D eigenvalue weighted by atomic mass is 35.5. The van der Waals surface area contributed by atoms with Crippen molar-refractivity contribution in [2.24, 2.45) is 5.73 Å². The highest BCUT2D eigenvalue weighted by Gasteiger charge is 2.02. The normalized spacial score (nSPS) is 10.1. The molecule has 0 unspecified atom stereocenters. The molecule has 0 aliphatic rings. The summed E-state index contributed by atoms with van der Waals surface area (Å²) >= 11 is 0. The molecule has 0 saturated heterocycles. The zero-order valence-electron chi connectivity index (χ0n) is 8.68. The molecule has 0 amide bonds. The summed E-state index contributed by atoms with van der Waals surface area (Å²) in [4.78, 5) is 0. The molecule has 0 aliphatic heterocycles. The molecular formula is C12H14ClNO2. The zero-order chi connectivity index (χ0) is 10.8. The van der Waals surface area contributed by atoms with E-state index in [1.54, 1.807) is 12.1 Å². The summed E-state index contributed by atoms with van der Waals surface area (Å²) in [5.74, 6) is -0.179. The van der Waals surface area contributed by atoms with E-state index in [1.165, 1.54) is 0 Å². The summed E-state index contributed by atoms with van der Waals surface area (Å²) in [5.41, 5.74) is 6.60. The van der Waals surface area contributed by atoms with E-state index in [0.29, 0.717) is 6.54 Å². The molecule has 0 bridgehead atoms. The average molecular weight is 240 g/mol. The first-order valence-electron chi connectivity index (χ1n) is 4.85. The number of rotatable bonds is 2. The Morgan fingerprint density at radius 3 is 2.19 bits per heavy atom. The standard InChI is InChI=1S/C12H13NO2.ClH/c13-4-3-8-1-2-9-6-11(14)12(15)7-10(9)5-8;/h1-2,5-7,14-15H,3-4,13H2;1H. The summed E-state index contributed by atoms with van der Waals surface area (Å²) in [6.45, 7) is 0.607. The maximum atomic E-state index is 9.36. The van der Waals surface area contributed by atoms with Crippen molar-refractivity contribution in [3.63, 3.8) is 0 Å². The summed E-state index contributed by atoms with van der Waals surface area (Å²) in [7, 11) is 0. The molecule has 0 aliphatic carbocycles. The Kier molecular flexibility index (Phi) is 3.99. The molecule has 86 valence electrons. The Labute approximate surface area is 99.9 Å². The van der Waals surface area contributed by atoms with Gasteiger partial charge in [0.15, 0.2) is 11.5 Å². The molecule has 0 radical (unpaired) electrons. The molecular weight excluding hydrogens is 226 g/mol. The van der Waals surface area contributed by atoms with Crippen molar-refractivity contribution in [3.05, 3.63) is 35.9 Å². The van der Waals surface area contributed by atoms with Crippen LogP contribution in [0, 0.1) is 0 Å². The van der Waals surface area contributed by atoms with Crippen molar-refractivity contribution >= 4 is 23.2 Å². The number of phenols is 2. The first-order chi connectivity index (χ1) is 7.20. The zero-order valence-corrected chi connectivity index (χ0v) is 9.50. The van der Waals surface area contributed by atoms with E-state index in [9.17, 15) is 10.2 Å². The lowest BCUT2D eigenvalue weighted by Crippen LogP contribution is -2.02. The largest absolute Gasteiger partial charge is 0.504 e. The van der Waals surface area contributed by atoms with Crippen molar-refractivity contribution in [2.75, 3.05) is 6.54 Å². The molecule has 2 aromatic carbocycles. The smallest absolute Gasteiger partial charge is 0.158 e. The van der Waals surface area contributed by atoms with Gasteiger partial charge < -0.3 is 15.9 Å². The van der Waals surface area contributed by atoms with Gasteiger partial charge in [-0.3, -0.25) is 0 Å². The molecule has 0 fully saturated rings. The number of halogens is 1. The van der Waals surface area contributed by atoms with Crippen molar-refractivity contribution in [2.45, 2.75) is 6.42 Å². The third-order valence-electron chi connectivity index (χ3n) is 2.43. The van der Waals surface area contributed by atoms with Crippen LogP contribution in [0.5, 0.6) is 11.5 Å². The second-order valence-electron chi connectivity index (χ2n) is 3.56. The molecule has 0 aromatic heterocycles. The molecule has 16 heavy (non-hydrogen) atoms. The fraction of sp³-hybridized carbons (Fsp3) is 0.167. The molecule has 0 heterocycles. The van der Waals surface area contributed by atoms with Gasteiger partial charge in [0.05, 0.1) is 0 Å². The number of aromatic hydroxyl groups is 2. The summed E-state index contributed by atoms with van der Waals surface area (Å²) in [6.07, 6.45) is 0.817. The number of nitrogens with two attached hydrogens (primary N) is 1. The minimum atomic E-state index is -0.0904. The third kappa shape index (κ3) is 2.38. The first-order valence-corrected chi connectivity index (χ1v) is 4.85. The predicted molar refractivity (Wildman–Crippen MR) is 67.3 cm³/mol. The Morgan fingerprint density at radius 2 is 1.56 bits per heavy atom. The molecule has 0 atom stereocenters. The van der Waals surface area contributed by atoms with Crippen molar-refractivity contribution < 1.29 is 10.2 Å². The molecule has 4 heteroatoms. The van der Waals surface area contributed by atoms with Crippen LogP contribution in [0.4, 0.5) is 0 Å². The SMILES string of the molecule is Cl.NCCc1ccc2cc(O)c(O)cc2c1. The first kappa shape index (κ1) is 12.6. The topological polar surface area (TPSA) is 66.5 Å². The van der Waals surface area contributed by atoms with Crippen LogP contribution in [0.1, 0.15) is 5.56 Å². The summed E-state index contributed by atoms with van der Waals surface area (Å²) in [6, 6.07) is 8.98. The maximum absolute atomic E-state index is 9.36. The van der Waals surface area contributed by atoms with Gasteiger partial charge in [0.1, 0.15) is 0 Å². The maximum Gasteiger partial charge on any atom is 0.158 e. The minimum Gasteiger partial charge on any atom is -0.504 e. The highest BCUT2D eigenvalue weighted by Crippen LogP contribution is 2.30. The Morgan fingerprint density at radius 1 is 0.938 bits per heavy atom. The van der Waals surface area contributed by atoms with Crippen LogP contribution in [-0.4, -0.2) is 16.8 Å². The number of phenolic OH excluding ortho intramolecular Hbond substituents is 2. The molecule has 4 N–H and O–H groups in total. The van der Waals surface area contributed by atoms with Crippen LogP contribution in [0.2, 0.25) is 0 Å². The van der Waals surface area contributed by atoms with Crippen molar-refractivity contribution in [3.8, 4) is 11.5 Å². The Hall–Kier alpha value is -1.45. The molecule has 0 saturated carbocycles. The fourth-order valence-corrected chi connectivity index (χ4v) is 1.65. The lowest BCUT2D eigenvalue weighted by atomic mass is 10.0. The van der Waals surface area contributed by atoms with Crippen LogP contribution < -0.4 is 5.73 Å². The van der Waals surface area contributed by atoms with E-state index in [2.05, 4.69) is 0 Å². The van der Waals surface area contributed by atoms with Crippen LogP contribution in [0.3, 0.4) is 0 Å². The van der Waals surface area contributed by atoms with E-state index < -0.39 is 0 Å². The Bertz CT molecular complexity index is 500. The lowest BCUT2D eigenvalue weighted by molar-refractivity contribution is 0.405. The van der Waals surface area contributed by atoms with Crippen molar-refractivity contribution in [1.82, 2.24) is 0 Å². The molecule has 3 nitrogen and oxygen atoms in total. The summed E-state index contributed by atoms with van der Waals surface area (Å²) in [5, 5.41) is 20.5. The minimum absolute atomic E-state index is 0. The van der Waals surface area contributed by atoms with Crippen LogP contribution in [0.25, 0.3) is 10.8 Å². The van der Waals surface area contributed by atoms with Gasteiger partial charge in [-0.25, -0.2) is 0 Å². The molecule has 0 spiro atoms. The second-order valence-corrected chi connectivity index (χ2v) is 3.56. The van der Waals surface area contributed by atoms with E-state index in [-0.39, 0.29) is 23.9 Å². The van der Waals surface area contributed by atoms with E-state index >= 15 is 0 Å². The fourth-order valence-electron chi connectivity index (χ4n) is 1.65.